The molecule has 4 heteroatoms. The molecule has 2 N–H and O–H groups in total. The molecular formula is C19H23ClN2O. The zero-order chi connectivity index (χ0) is 16.0. The summed E-state index contributed by atoms with van der Waals surface area (Å²) in [6, 6.07) is 3.83. The van der Waals surface area contributed by atoms with Gasteiger partial charge in [-0.3, -0.25) is 5.10 Å². The maximum absolute atomic E-state index is 11.4. The standard InChI is InChI=1S/C19H23ClN2O/c1-17(2)12-3-4-13(6-12)18(17)9-19(23,10-18)15-7-14(20)5-11-8-21-22-16(11)15/h5,7-8,12-13,23H,3-4,6,9-10H2,1-2H3,(H,21,22). The number of aromatic nitrogens is 2. The minimum absolute atomic E-state index is 0.305. The van der Waals surface area contributed by atoms with Gasteiger partial charge in [0.2, 0.25) is 0 Å². The molecule has 0 amide bonds. The highest BCUT2D eigenvalue weighted by Crippen LogP contribution is 2.77. The molecule has 2 unspecified atom stereocenters. The highest BCUT2D eigenvalue weighted by atomic mass is 35.5. The van der Waals surface area contributed by atoms with Gasteiger partial charge in [0.15, 0.2) is 0 Å². The summed E-state index contributed by atoms with van der Waals surface area (Å²) in [4.78, 5) is 0. The molecule has 2 bridgehead atoms. The molecule has 3 aliphatic carbocycles. The molecule has 3 saturated carbocycles. The van der Waals surface area contributed by atoms with Crippen LogP contribution in [0.3, 0.4) is 0 Å². The van der Waals surface area contributed by atoms with Crippen molar-refractivity contribution in [1.29, 1.82) is 0 Å². The molecule has 1 aromatic heterocycles. The highest BCUT2D eigenvalue weighted by Gasteiger charge is 2.71. The van der Waals surface area contributed by atoms with Crippen molar-refractivity contribution < 1.29 is 5.11 Å². The van der Waals surface area contributed by atoms with Crippen molar-refractivity contribution in [1.82, 2.24) is 10.2 Å². The van der Waals surface area contributed by atoms with Crippen LogP contribution in [0.5, 0.6) is 0 Å². The van der Waals surface area contributed by atoms with Crippen molar-refractivity contribution >= 4 is 22.5 Å². The average Bonchev–Trinajstić information content (AvgIpc) is 3.13. The second-order valence-electron chi connectivity index (χ2n) is 8.76. The monoisotopic (exact) mass is 330 g/mol. The third-order valence-electron chi connectivity index (χ3n) is 7.75. The van der Waals surface area contributed by atoms with E-state index in [9.17, 15) is 5.11 Å². The molecule has 5 rings (SSSR count). The number of nitrogens with zero attached hydrogens (tertiary/aromatic N) is 1. The first kappa shape index (κ1) is 14.3. The number of fused-ring (bicyclic) bond motifs is 4. The molecule has 122 valence electrons. The zero-order valence-corrected chi connectivity index (χ0v) is 14.5. The van der Waals surface area contributed by atoms with Crippen molar-refractivity contribution in [2.75, 3.05) is 0 Å². The minimum Gasteiger partial charge on any atom is -0.385 e. The predicted octanol–water partition coefficient (Wildman–Crippen LogP) is 4.64. The molecule has 1 aromatic carbocycles. The molecule has 3 aliphatic rings. The first-order valence-electron chi connectivity index (χ1n) is 8.71. The maximum Gasteiger partial charge on any atom is 0.0929 e. The fourth-order valence-electron chi connectivity index (χ4n) is 6.39. The molecule has 2 aromatic rings. The molecule has 1 heterocycles. The van der Waals surface area contributed by atoms with Crippen LogP contribution in [0.15, 0.2) is 18.3 Å². The van der Waals surface area contributed by atoms with Gasteiger partial charge in [-0.05, 0) is 66.9 Å². The molecule has 0 aliphatic heterocycles. The Balaban J connectivity index is 1.57. The van der Waals surface area contributed by atoms with Crippen LogP contribution in [-0.2, 0) is 5.60 Å². The van der Waals surface area contributed by atoms with E-state index in [0.717, 1.165) is 41.1 Å². The van der Waals surface area contributed by atoms with Crippen LogP contribution >= 0.6 is 11.6 Å². The summed E-state index contributed by atoms with van der Waals surface area (Å²) in [5, 5.41) is 20.2. The topological polar surface area (TPSA) is 48.9 Å². The Labute approximate surface area is 141 Å². The number of H-pyrrole nitrogens is 1. The number of aromatic amines is 1. The van der Waals surface area contributed by atoms with E-state index in [2.05, 4.69) is 24.0 Å². The number of hydrogen-bond donors (Lipinski definition) is 2. The van der Waals surface area contributed by atoms with Crippen molar-refractivity contribution in [3.8, 4) is 0 Å². The molecule has 1 spiro atoms. The smallest absolute Gasteiger partial charge is 0.0929 e. The summed E-state index contributed by atoms with van der Waals surface area (Å²) < 4.78 is 0. The van der Waals surface area contributed by atoms with Gasteiger partial charge in [-0.1, -0.05) is 25.4 Å². The van der Waals surface area contributed by atoms with Crippen LogP contribution in [-0.4, -0.2) is 15.3 Å². The molecule has 3 nitrogen and oxygen atoms in total. The number of halogens is 1. The lowest BCUT2D eigenvalue weighted by Crippen LogP contribution is -2.59. The summed E-state index contributed by atoms with van der Waals surface area (Å²) in [7, 11) is 0. The maximum atomic E-state index is 11.4. The Morgan fingerprint density at radius 3 is 2.65 bits per heavy atom. The SMILES string of the molecule is CC1(C)C2CCC(C2)C12CC(O)(c1cc(Cl)cc3cn[nH]c13)C2. The van der Waals surface area contributed by atoms with E-state index in [1.807, 2.05) is 12.1 Å². The van der Waals surface area contributed by atoms with E-state index in [1.54, 1.807) is 6.20 Å². The Hall–Kier alpha value is -1.06. The van der Waals surface area contributed by atoms with Gasteiger partial charge in [0.25, 0.3) is 0 Å². The molecule has 0 radical (unpaired) electrons. The molecule has 23 heavy (non-hydrogen) atoms. The zero-order valence-electron chi connectivity index (χ0n) is 13.7. The summed E-state index contributed by atoms with van der Waals surface area (Å²) in [6.07, 6.45) is 7.59. The molecule has 2 atom stereocenters. The minimum atomic E-state index is -0.766. The normalized spacial score (nSPS) is 40.9. The van der Waals surface area contributed by atoms with Crippen LogP contribution < -0.4 is 0 Å². The number of benzene rings is 1. The number of hydrogen-bond acceptors (Lipinski definition) is 2. The van der Waals surface area contributed by atoms with Crippen LogP contribution in [0.25, 0.3) is 10.9 Å². The quantitative estimate of drug-likeness (QED) is 0.800. The van der Waals surface area contributed by atoms with Crippen molar-refractivity contribution in [3.63, 3.8) is 0 Å². The second kappa shape index (κ2) is 4.12. The van der Waals surface area contributed by atoms with Gasteiger partial charge in [0.05, 0.1) is 17.3 Å². The Morgan fingerprint density at radius 1 is 1.22 bits per heavy atom. The van der Waals surface area contributed by atoms with Gasteiger partial charge in [-0.2, -0.15) is 5.10 Å². The predicted molar refractivity (Wildman–Crippen MR) is 91.3 cm³/mol. The van der Waals surface area contributed by atoms with E-state index in [-0.39, 0.29) is 0 Å². The van der Waals surface area contributed by atoms with Gasteiger partial charge in [0, 0.05) is 16.0 Å². The Morgan fingerprint density at radius 2 is 1.96 bits per heavy atom. The van der Waals surface area contributed by atoms with E-state index in [1.165, 1.54) is 19.3 Å². The van der Waals surface area contributed by atoms with Crippen molar-refractivity contribution in [3.05, 3.63) is 28.9 Å². The van der Waals surface area contributed by atoms with E-state index >= 15 is 0 Å². The Bertz CT molecular complexity index is 803. The van der Waals surface area contributed by atoms with Crippen LogP contribution in [0, 0.1) is 22.7 Å². The second-order valence-corrected chi connectivity index (χ2v) is 9.19. The first-order chi connectivity index (χ1) is 10.9. The van der Waals surface area contributed by atoms with Crippen LogP contribution in [0.1, 0.15) is 51.5 Å². The third kappa shape index (κ3) is 1.58. The summed E-state index contributed by atoms with van der Waals surface area (Å²) in [5.74, 6) is 1.63. The van der Waals surface area contributed by atoms with Gasteiger partial charge < -0.3 is 5.11 Å². The van der Waals surface area contributed by atoms with Gasteiger partial charge in [0.1, 0.15) is 0 Å². The fourth-order valence-corrected chi connectivity index (χ4v) is 6.61. The third-order valence-corrected chi connectivity index (χ3v) is 7.97. The summed E-state index contributed by atoms with van der Waals surface area (Å²) in [6.45, 7) is 4.86. The Kier molecular flexibility index (Phi) is 2.56. The lowest BCUT2D eigenvalue weighted by atomic mass is 9.43. The molecule has 3 fully saturated rings. The van der Waals surface area contributed by atoms with E-state index in [4.69, 9.17) is 11.6 Å². The van der Waals surface area contributed by atoms with Crippen molar-refractivity contribution in [2.45, 2.75) is 51.6 Å². The summed E-state index contributed by atoms with van der Waals surface area (Å²) >= 11 is 6.29. The molecule has 0 saturated heterocycles. The average molecular weight is 331 g/mol. The largest absolute Gasteiger partial charge is 0.385 e. The van der Waals surface area contributed by atoms with E-state index in [0.29, 0.717) is 15.9 Å². The van der Waals surface area contributed by atoms with Crippen LogP contribution in [0.4, 0.5) is 0 Å². The molecular weight excluding hydrogens is 308 g/mol. The number of aliphatic hydroxyl groups is 1. The van der Waals surface area contributed by atoms with Gasteiger partial charge in [-0.25, -0.2) is 0 Å². The van der Waals surface area contributed by atoms with E-state index < -0.39 is 5.60 Å². The lowest BCUT2D eigenvalue weighted by Gasteiger charge is -2.63. The fraction of sp³-hybridized carbons (Fsp3) is 0.632. The van der Waals surface area contributed by atoms with Crippen LogP contribution in [0.2, 0.25) is 5.02 Å². The number of rotatable bonds is 1. The first-order valence-corrected chi connectivity index (χ1v) is 9.09. The summed E-state index contributed by atoms with van der Waals surface area (Å²) in [5.41, 5.74) is 1.75. The number of nitrogens with one attached hydrogen (secondary N) is 1. The lowest BCUT2D eigenvalue weighted by molar-refractivity contribution is -0.205. The van der Waals surface area contributed by atoms with Crippen molar-refractivity contribution in [2.24, 2.45) is 22.7 Å². The van der Waals surface area contributed by atoms with Gasteiger partial charge >= 0.3 is 0 Å². The highest BCUT2D eigenvalue weighted by molar-refractivity contribution is 6.31. The van der Waals surface area contributed by atoms with Gasteiger partial charge in [-0.15, -0.1) is 0 Å².